The lowest BCUT2D eigenvalue weighted by atomic mass is 9.98. The van der Waals surface area contributed by atoms with Gasteiger partial charge in [0.25, 0.3) is 0 Å². The van der Waals surface area contributed by atoms with Gasteiger partial charge >= 0.3 is 0 Å². The second kappa shape index (κ2) is 6.60. The lowest BCUT2D eigenvalue weighted by Crippen LogP contribution is -2.28. The summed E-state index contributed by atoms with van der Waals surface area (Å²) in [6.07, 6.45) is 2.18. The molecular formula is C21H20BrNO2. The minimum Gasteiger partial charge on any atom is -0.508 e. The van der Waals surface area contributed by atoms with E-state index in [1.807, 2.05) is 18.2 Å². The molecule has 3 aromatic carbocycles. The van der Waals surface area contributed by atoms with Crippen LogP contribution in [0.5, 0.6) is 11.5 Å². The van der Waals surface area contributed by atoms with Crippen LogP contribution in [0.25, 0.3) is 10.8 Å². The number of ether oxygens (including phenoxy) is 1. The van der Waals surface area contributed by atoms with Crippen molar-refractivity contribution in [3.63, 3.8) is 0 Å². The van der Waals surface area contributed by atoms with Crippen LogP contribution < -0.4 is 9.64 Å². The zero-order valence-corrected chi connectivity index (χ0v) is 15.7. The van der Waals surface area contributed by atoms with Gasteiger partial charge in [-0.15, -0.1) is 0 Å². The molecule has 25 heavy (non-hydrogen) atoms. The summed E-state index contributed by atoms with van der Waals surface area (Å²) < 4.78 is 6.41. The SMILES string of the molecule is COc1ccc2c(c1)CCCN2Cc1c(O)ccc2cc(Br)ccc12. The fourth-order valence-electron chi connectivity index (χ4n) is 3.65. The highest BCUT2D eigenvalue weighted by molar-refractivity contribution is 9.10. The van der Waals surface area contributed by atoms with E-state index in [2.05, 4.69) is 45.1 Å². The maximum absolute atomic E-state index is 10.5. The molecule has 1 N–H and O–H groups in total. The van der Waals surface area contributed by atoms with Gasteiger partial charge in [0.15, 0.2) is 0 Å². The van der Waals surface area contributed by atoms with E-state index in [9.17, 15) is 5.11 Å². The van der Waals surface area contributed by atoms with Crippen molar-refractivity contribution in [3.05, 3.63) is 64.1 Å². The second-order valence-corrected chi connectivity index (χ2v) is 7.36. The number of benzene rings is 3. The molecule has 4 rings (SSSR count). The zero-order valence-electron chi connectivity index (χ0n) is 14.1. The van der Waals surface area contributed by atoms with Crippen molar-refractivity contribution >= 4 is 32.4 Å². The van der Waals surface area contributed by atoms with Crippen LogP contribution in [0.3, 0.4) is 0 Å². The Labute approximate surface area is 156 Å². The van der Waals surface area contributed by atoms with Gasteiger partial charge in [-0.25, -0.2) is 0 Å². The molecular weight excluding hydrogens is 378 g/mol. The van der Waals surface area contributed by atoms with Crippen LogP contribution in [-0.4, -0.2) is 18.8 Å². The summed E-state index contributed by atoms with van der Waals surface area (Å²) in [6.45, 7) is 1.69. The molecule has 1 heterocycles. The highest BCUT2D eigenvalue weighted by Crippen LogP contribution is 2.35. The van der Waals surface area contributed by atoms with Crippen molar-refractivity contribution in [1.29, 1.82) is 0 Å². The summed E-state index contributed by atoms with van der Waals surface area (Å²) in [7, 11) is 1.70. The van der Waals surface area contributed by atoms with Crippen LogP contribution in [0, 0.1) is 0 Å². The summed E-state index contributed by atoms with van der Waals surface area (Å²) in [5, 5.41) is 12.7. The van der Waals surface area contributed by atoms with E-state index in [4.69, 9.17) is 4.74 Å². The van der Waals surface area contributed by atoms with Gasteiger partial charge in [0.1, 0.15) is 11.5 Å². The van der Waals surface area contributed by atoms with Crippen molar-refractivity contribution in [1.82, 2.24) is 0 Å². The molecule has 1 aliphatic rings. The van der Waals surface area contributed by atoms with Gasteiger partial charge in [-0.1, -0.05) is 28.1 Å². The third-order valence-corrected chi connectivity index (χ3v) is 5.41. The van der Waals surface area contributed by atoms with Crippen molar-refractivity contribution in [3.8, 4) is 11.5 Å². The number of phenolic OH excluding ortho intramolecular Hbond substituents is 1. The van der Waals surface area contributed by atoms with Crippen LogP contribution in [-0.2, 0) is 13.0 Å². The van der Waals surface area contributed by atoms with Crippen molar-refractivity contribution in [2.24, 2.45) is 0 Å². The average Bonchev–Trinajstić information content (AvgIpc) is 2.63. The Balaban J connectivity index is 1.75. The Morgan fingerprint density at radius 2 is 2.00 bits per heavy atom. The summed E-state index contributed by atoms with van der Waals surface area (Å²) in [4.78, 5) is 2.36. The molecule has 0 saturated heterocycles. The van der Waals surface area contributed by atoms with Crippen molar-refractivity contribution in [2.75, 3.05) is 18.6 Å². The van der Waals surface area contributed by atoms with E-state index >= 15 is 0 Å². The largest absolute Gasteiger partial charge is 0.508 e. The van der Waals surface area contributed by atoms with Crippen molar-refractivity contribution in [2.45, 2.75) is 19.4 Å². The molecule has 3 nitrogen and oxygen atoms in total. The maximum Gasteiger partial charge on any atom is 0.121 e. The lowest BCUT2D eigenvalue weighted by Gasteiger charge is -2.32. The minimum absolute atomic E-state index is 0.357. The predicted molar refractivity (Wildman–Crippen MR) is 106 cm³/mol. The van der Waals surface area contributed by atoms with Crippen LogP contribution in [0.4, 0.5) is 5.69 Å². The number of rotatable bonds is 3. The van der Waals surface area contributed by atoms with E-state index in [0.717, 1.165) is 45.9 Å². The molecule has 1 aliphatic heterocycles. The zero-order chi connectivity index (χ0) is 17.4. The molecule has 0 atom stereocenters. The molecule has 128 valence electrons. The van der Waals surface area contributed by atoms with E-state index in [1.165, 1.54) is 11.3 Å². The number of hydrogen-bond acceptors (Lipinski definition) is 3. The van der Waals surface area contributed by atoms with Crippen molar-refractivity contribution < 1.29 is 9.84 Å². The number of anilines is 1. The third kappa shape index (κ3) is 3.07. The van der Waals surface area contributed by atoms with Crippen LogP contribution in [0.1, 0.15) is 17.5 Å². The minimum atomic E-state index is 0.357. The normalized spacial score (nSPS) is 13.8. The monoisotopic (exact) mass is 397 g/mol. The summed E-state index contributed by atoms with van der Waals surface area (Å²) >= 11 is 3.52. The number of aromatic hydroxyl groups is 1. The molecule has 0 aliphatic carbocycles. The molecule has 4 heteroatoms. The van der Waals surface area contributed by atoms with E-state index in [-0.39, 0.29) is 0 Å². The fourth-order valence-corrected chi connectivity index (χ4v) is 4.03. The topological polar surface area (TPSA) is 32.7 Å². The van der Waals surface area contributed by atoms with E-state index in [0.29, 0.717) is 12.3 Å². The van der Waals surface area contributed by atoms with Crippen LogP contribution in [0.15, 0.2) is 53.0 Å². The van der Waals surface area contributed by atoms with Gasteiger partial charge < -0.3 is 14.7 Å². The van der Waals surface area contributed by atoms with E-state index in [1.54, 1.807) is 13.2 Å². The summed E-state index contributed by atoms with van der Waals surface area (Å²) in [5.74, 6) is 1.26. The second-order valence-electron chi connectivity index (χ2n) is 6.45. The quantitative estimate of drug-likeness (QED) is 0.653. The first-order valence-corrected chi connectivity index (χ1v) is 9.27. The Morgan fingerprint density at radius 1 is 1.12 bits per heavy atom. The molecule has 0 bridgehead atoms. The molecule has 0 unspecified atom stereocenters. The van der Waals surface area contributed by atoms with Gasteiger partial charge in [-0.3, -0.25) is 0 Å². The third-order valence-electron chi connectivity index (χ3n) is 4.92. The smallest absolute Gasteiger partial charge is 0.121 e. The Bertz CT molecular complexity index is 939. The number of methoxy groups -OCH3 is 1. The highest BCUT2D eigenvalue weighted by Gasteiger charge is 2.20. The van der Waals surface area contributed by atoms with Gasteiger partial charge in [-0.05, 0) is 65.6 Å². The van der Waals surface area contributed by atoms with Gasteiger partial charge in [0, 0.05) is 28.8 Å². The molecule has 0 spiro atoms. The first-order chi connectivity index (χ1) is 12.2. The first kappa shape index (κ1) is 16.3. The number of aryl methyl sites for hydroxylation is 1. The van der Waals surface area contributed by atoms with Crippen LogP contribution >= 0.6 is 15.9 Å². The van der Waals surface area contributed by atoms with Gasteiger partial charge in [0.2, 0.25) is 0 Å². The summed E-state index contributed by atoms with van der Waals surface area (Å²) in [6, 6.07) is 16.2. The number of hydrogen-bond donors (Lipinski definition) is 1. The first-order valence-electron chi connectivity index (χ1n) is 8.47. The number of fused-ring (bicyclic) bond motifs is 2. The Kier molecular flexibility index (Phi) is 4.30. The fraction of sp³-hybridized carbons (Fsp3) is 0.238. The van der Waals surface area contributed by atoms with E-state index < -0.39 is 0 Å². The number of halogens is 1. The number of phenols is 1. The molecule has 3 aromatic rings. The van der Waals surface area contributed by atoms with Gasteiger partial charge in [0.05, 0.1) is 7.11 Å². The maximum atomic E-state index is 10.5. The average molecular weight is 398 g/mol. The van der Waals surface area contributed by atoms with Gasteiger partial charge in [-0.2, -0.15) is 0 Å². The predicted octanol–water partition coefficient (Wildman–Crippen LogP) is 5.27. The molecule has 0 fully saturated rings. The molecule has 0 radical (unpaired) electrons. The Morgan fingerprint density at radius 3 is 2.84 bits per heavy atom. The summed E-state index contributed by atoms with van der Waals surface area (Å²) in [5.41, 5.74) is 3.53. The van der Waals surface area contributed by atoms with Crippen LogP contribution in [0.2, 0.25) is 0 Å². The molecule has 0 aromatic heterocycles. The molecule has 0 saturated carbocycles. The standard InChI is InChI=1S/C21H20BrNO2/c1-25-17-6-8-20-15(12-17)3-2-10-23(20)13-19-18-7-5-16(22)11-14(18)4-9-21(19)24/h4-9,11-12,24H,2-3,10,13H2,1H3. The number of nitrogens with zero attached hydrogens (tertiary/aromatic N) is 1. The lowest BCUT2D eigenvalue weighted by molar-refractivity contribution is 0.414. The Hall–Kier alpha value is -2.20. The molecule has 0 amide bonds. The highest BCUT2D eigenvalue weighted by atomic mass is 79.9.